The van der Waals surface area contributed by atoms with Gasteiger partial charge in [-0.1, -0.05) is 0 Å². The molecule has 1 aromatic carbocycles. The highest BCUT2D eigenvalue weighted by Gasteiger charge is 2.06. The van der Waals surface area contributed by atoms with Crippen LogP contribution in [0.3, 0.4) is 0 Å². The van der Waals surface area contributed by atoms with Gasteiger partial charge in [0.25, 0.3) is 0 Å². The van der Waals surface area contributed by atoms with Crippen molar-refractivity contribution >= 4 is 17.7 Å². The summed E-state index contributed by atoms with van der Waals surface area (Å²) in [5.74, 6) is 0. The molecule has 1 aromatic rings. The normalized spacial score (nSPS) is 10.5. The fourth-order valence-electron chi connectivity index (χ4n) is 1.44. The van der Waals surface area contributed by atoms with Crippen LogP contribution in [0.1, 0.15) is 10.4 Å². The number of hydrogen-bond donors (Lipinski definition) is 1. The molecule has 16 heavy (non-hydrogen) atoms. The maximum atomic E-state index is 10.7. The molecule has 0 saturated heterocycles. The summed E-state index contributed by atoms with van der Waals surface area (Å²) in [7, 11) is 6.03. The number of hydrogen-bond acceptors (Lipinski definition) is 4. The Balaban J connectivity index is 2.80. The van der Waals surface area contributed by atoms with Crippen molar-refractivity contribution in [3.8, 4) is 0 Å². The largest absolute Gasteiger partial charge is 0.397 e. The van der Waals surface area contributed by atoms with Gasteiger partial charge in [-0.3, -0.25) is 4.79 Å². The Kier molecular flexibility index (Phi) is 4.31. The molecule has 0 unspecified atom stereocenters. The Morgan fingerprint density at radius 2 is 1.94 bits per heavy atom. The average molecular weight is 221 g/mol. The Hall–Kier alpha value is -1.55. The van der Waals surface area contributed by atoms with E-state index < -0.39 is 0 Å². The summed E-state index contributed by atoms with van der Waals surface area (Å²) in [6.07, 6.45) is 0.836. The Morgan fingerprint density at radius 1 is 1.25 bits per heavy atom. The van der Waals surface area contributed by atoms with Gasteiger partial charge in [-0.15, -0.1) is 0 Å². The van der Waals surface area contributed by atoms with Crippen LogP contribution in [-0.2, 0) is 0 Å². The molecule has 0 spiro atoms. The molecule has 0 aliphatic heterocycles. The minimum absolute atomic E-state index is 0.654. The summed E-state index contributed by atoms with van der Waals surface area (Å²) in [5.41, 5.74) is 8.14. The highest BCUT2D eigenvalue weighted by atomic mass is 16.1. The number of benzene rings is 1. The highest BCUT2D eigenvalue weighted by Crippen LogP contribution is 2.22. The highest BCUT2D eigenvalue weighted by molar-refractivity contribution is 5.81. The summed E-state index contributed by atoms with van der Waals surface area (Å²) in [6.45, 7) is 1.82. The first-order valence-electron chi connectivity index (χ1n) is 5.25. The first-order chi connectivity index (χ1) is 7.54. The number of anilines is 2. The van der Waals surface area contributed by atoms with Crippen LogP contribution in [-0.4, -0.2) is 45.4 Å². The number of aldehydes is 1. The van der Waals surface area contributed by atoms with E-state index in [2.05, 4.69) is 9.80 Å². The smallest absolute Gasteiger partial charge is 0.150 e. The molecule has 0 aliphatic carbocycles. The zero-order valence-electron chi connectivity index (χ0n) is 10.1. The molecule has 0 saturated carbocycles. The Bertz CT molecular complexity index is 363. The number of likely N-dealkylation sites (N-methyl/N-ethyl adjacent to an activating group) is 2. The molecule has 4 heteroatoms. The first-order valence-corrected chi connectivity index (χ1v) is 5.25. The van der Waals surface area contributed by atoms with Gasteiger partial charge in [-0.25, -0.2) is 0 Å². The van der Waals surface area contributed by atoms with Crippen molar-refractivity contribution < 1.29 is 4.79 Å². The molecular formula is C12H19N3O. The van der Waals surface area contributed by atoms with Gasteiger partial charge < -0.3 is 15.5 Å². The van der Waals surface area contributed by atoms with Crippen molar-refractivity contribution in [1.29, 1.82) is 0 Å². The van der Waals surface area contributed by atoms with E-state index in [0.29, 0.717) is 11.3 Å². The van der Waals surface area contributed by atoms with E-state index in [-0.39, 0.29) is 0 Å². The van der Waals surface area contributed by atoms with Crippen LogP contribution in [0.25, 0.3) is 0 Å². The van der Waals surface area contributed by atoms with Crippen LogP contribution in [0.4, 0.5) is 11.4 Å². The molecule has 0 bridgehead atoms. The summed E-state index contributed by atoms with van der Waals surface area (Å²) in [6, 6.07) is 5.31. The van der Waals surface area contributed by atoms with Crippen LogP contribution in [0.2, 0.25) is 0 Å². The third-order valence-corrected chi connectivity index (χ3v) is 2.48. The molecule has 1 rings (SSSR count). The van der Waals surface area contributed by atoms with Crippen molar-refractivity contribution in [3.05, 3.63) is 23.8 Å². The van der Waals surface area contributed by atoms with Crippen LogP contribution in [0.15, 0.2) is 18.2 Å². The van der Waals surface area contributed by atoms with E-state index in [1.807, 2.05) is 27.2 Å². The summed E-state index contributed by atoms with van der Waals surface area (Å²) in [5, 5.41) is 0. The zero-order chi connectivity index (χ0) is 12.1. The average Bonchev–Trinajstić information content (AvgIpc) is 2.26. The first kappa shape index (κ1) is 12.5. The van der Waals surface area contributed by atoms with Crippen LogP contribution < -0.4 is 10.6 Å². The lowest BCUT2D eigenvalue weighted by molar-refractivity contribution is 0.112. The van der Waals surface area contributed by atoms with Crippen molar-refractivity contribution in [2.45, 2.75) is 0 Å². The maximum Gasteiger partial charge on any atom is 0.150 e. The van der Waals surface area contributed by atoms with E-state index in [1.54, 1.807) is 12.1 Å². The number of nitrogens with two attached hydrogens (primary N) is 1. The van der Waals surface area contributed by atoms with E-state index in [0.717, 1.165) is 25.1 Å². The molecule has 88 valence electrons. The van der Waals surface area contributed by atoms with Gasteiger partial charge in [0.15, 0.2) is 0 Å². The van der Waals surface area contributed by atoms with Gasteiger partial charge in [0.2, 0.25) is 0 Å². The third kappa shape index (κ3) is 3.24. The van der Waals surface area contributed by atoms with Crippen molar-refractivity contribution in [1.82, 2.24) is 4.90 Å². The fourth-order valence-corrected chi connectivity index (χ4v) is 1.44. The summed E-state index contributed by atoms with van der Waals surface area (Å²) in [4.78, 5) is 14.9. The standard InChI is InChI=1S/C12H19N3O/c1-14(2)6-7-15(3)12-8-10(9-16)4-5-11(12)13/h4-5,8-9H,6-7,13H2,1-3H3. The monoisotopic (exact) mass is 221 g/mol. The zero-order valence-corrected chi connectivity index (χ0v) is 10.1. The molecule has 4 nitrogen and oxygen atoms in total. The maximum absolute atomic E-state index is 10.7. The Morgan fingerprint density at radius 3 is 2.50 bits per heavy atom. The molecule has 0 atom stereocenters. The van der Waals surface area contributed by atoms with E-state index in [4.69, 9.17) is 5.73 Å². The van der Waals surface area contributed by atoms with Crippen LogP contribution >= 0.6 is 0 Å². The number of carbonyl (C=O) groups excluding carboxylic acids is 1. The predicted molar refractivity (Wildman–Crippen MR) is 68.1 cm³/mol. The van der Waals surface area contributed by atoms with E-state index >= 15 is 0 Å². The van der Waals surface area contributed by atoms with Crippen molar-refractivity contribution in [3.63, 3.8) is 0 Å². The quantitative estimate of drug-likeness (QED) is 0.597. The predicted octanol–water partition coefficient (Wildman–Crippen LogP) is 1.08. The molecule has 0 radical (unpaired) electrons. The SMILES string of the molecule is CN(C)CCN(C)c1cc(C=O)ccc1N. The topological polar surface area (TPSA) is 49.6 Å². The molecule has 0 aliphatic rings. The third-order valence-electron chi connectivity index (χ3n) is 2.48. The van der Waals surface area contributed by atoms with Crippen molar-refractivity contribution in [2.75, 3.05) is 44.9 Å². The minimum Gasteiger partial charge on any atom is -0.397 e. The molecule has 2 N–H and O–H groups in total. The number of nitrogen functional groups attached to an aromatic ring is 1. The lowest BCUT2D eigenvalue weighted by atomic mass is 10.2. The summed E-state index contributed by atoms with van der Waals surface area (Å²) >= 11 is 0. The van der Waals surface area contributed by atoms with Gasteiger partial charge >= 0.3 is 0 Å². The molecule has 0 amide bonds. The van der Waals surface area contributed by atoms with Crippen LogP contribution in [0.5, 0.6) is 0 Å². The van der Waals surface area contributed by atoms with Gasteiger partial charge in [0.1, 0.15) is 6.29 Å². The number of nitrogens with zero attached hydrogens (tertiary/aromatic N) is 2. The second kappa shape index (κ2) is 5.51. The van der Waals surface area contributed by atoms with Gasteiger partial charge in [0, 0.05) is 25.7 Å². The Labute approximate surface area is 96.6 Å². The van der Waals surface area contributed by atoms with Gasteiger partial charge in [-0.2, -0.15) is 0 Å². The lowest BCUT2D eigenvalue weighted by Gasteiger charge is -2.23. The van der Waals surface area contributed by atoms with Crippen molar-refractivity contribution in [2.24, 2.45) is 0 Å². The fraction of sp³-hybridized carbons (Fsp3) is 0.417. The van der Waals surface area contributed by atoms with Gasteiger partial charge in [0.05, 0.1) is 11.4 Å². The molecule has 0 fully saturated rings. The summed E-state index contributed by atoms with van der Waals surface area (Å²) < 4.78 is 0. The molecule has 0 aromatic heterocycles. The molecule has 0 heterocycles. The lowest BCUT2D eigenvalue weighted by Crippen LogP contribution is -2.29. The second-order valence-corrected chi connectivity index (χ2v) is 4.16. The van der Waals surface area contributed by atoms with E-state index in [9.17, 15) is 4.79 Å². The number of carbonyl (C=O) groups is 1. The van der Waals surface area contributed by atoms with Gasteiger partial charge in [-0.05, 0) is 32.3 Å². The molecular weight excluding hydrogens is 202 g/mol. The number of rotatable bonds is 5. The minimum atomic E-state index is 0.654. The second-order valence-electron chi connectivity index (χ2n) is 4.16. The van der Waals surface area contributed by atoms with E-state index in [1.165, 1.54) is 0 Å². The van der Waals surface area contributed by atoms with Crippen LogP contribution in [0, 0.1) is 0 Å².